The van der Waals surface area contributed by atoms with Gasteiger partial charge in [-0.05, 0) is 30.4 Å². The van der Waals surface area contributed by atoms with Gasteiger partial charge in [0.1, 0.15) is 0 Å². The van der Waals surface area contributed by atoms with Crippen LogP contribution in [0.3, 0.4) is 0 Å². The van der Waals surface area contributed by atoms with Crippen molar-refractivity contribution in [2.75, 3.05) is 0 Å². The van der Waals surface area contributed by atoms with Crippen molar-refractivity contribution in [3.05, 3.63) is 24.2 Å². The Morgan fingerprint density at radius 2 is 2.10 bits per heavy atom. The summed E-state index contributed by atoms with van der Waals surface area (Å²) in [5, 5.41) is 0. The molecule has 0 N–H and O–H groups in total. The first kappa shape index (κ1) is 7.39. The van der Waals surface area contributed by atoms with Crippen LogP contribution in [0.1, 0.15) is 38.2 Å². The molecule has 0 unspecified atom stereocenters. The average Bonchev–Trinajstić information content (AvgIpc) is 2.43. The van der Waals surface area contributed by atoms with E-state index >= 15 is 0 Å². The Hall–Kier alpha value is -0.720. The van der Waals surface area contributed by atoms with Crippen molar-refractivity contribution in [2.45, 2.75) is 32.6 Å². The normalized spacial score (nSPS) is 10.7. The van der Waals surface area contributed by atoms with Gasteiger partial charge >= 0.3 is 0 Å². The molecule has 1 aromatic rings. The van der Waals surface area contributed by atoms with Crippen molar-refractivity contribution in [3.8, 4) is 0 Å². The van der Waals surface area contributed by atoms with Crippen molar-refractivity contribution in [1.82, 2.24) is 0 Å². The van der Waals surface area contributed by atoms with E-state index in [1.807, 2.05) is 6.26 Å². The Morgan fingerprint density at radius 3 is 2.50 bits per heavy atom. The number of furan rings is 1. The minimum atomic E-state index is 0.693. The van der Waals surface area contributed by atoms with Gasteiger partial charge in [-0.3, -0.25) is 0 Å². The molecule has 1 nitrogen and oxygen atoms in total. The molecule has 0 spiro atoms. The first-order valence-corrected chi connectivity index (χ1v) is 3.90. The molecule has 0 saturated carbocycles. The molecule has 0 radical (unpaired) electrons. The summed E-state index contributed by atoms with van der Waals surface area (Å²) in [7, 11) is 0. The largest absolute Gasteiger partial charge is 0.472 e. The fraction of sp³-hybridized carbons (Fsp3) is 0.556. The molecular formula is C9H14O. The Labute approximate surface area is 62.1 Å². The van der Waals surface area contributed by atoms with Gasteiger partial charge in [0.15, 0.2) is 0 Å². The second kappa shape index (κ2) is 3.45. The first-order chi connectivity index (χ1) is 4.88. The fourth-order valence-electron chi connectivity index (χ4n) is 1.27. The third-order valence-electron chi connectivity index (χ3n) is 2.00. The van der Waals surface area contributed by atoms with Crippen LogP contribution in [0.2, 0.25) is 0 Å². The van der Waals surface area contributed by atoms with E-state index in [9.17, 15) is 0 Å². The molecule has 0 aliphatic carbocycles. The van der Waals surface area contributed by atoms with E-state index < -0.39 is 0 Å². The van der Waals surface area contributed by atoms with E-state index in [0.717, 1.165) is 0 Å². The second-order valence-electron chi connectivity index (χ2n) is 2.57. The topological polar surface area (TPSA) is 13.1 Å². The molecule has 0 atom stereocenters. The maximum Gasteiger partial charge on any atom is 0.0937 e. The van der Waals surface area contributed by atoms with Crippen LogP contribution in [0, 0.1) is 0 Å². The zero-order valence-electron chi connectivity index (χ0n) is 6.63. The number of rotatable bonds is 3. The molecule has 0 aliphatic heterocycles. The summed E-state index contributed by atoms with van der Waals surface area (Å²) in [4.78, 5) is 0. The van der Waals surface area contributed by atoms with Crippen LogP contribution in [0.4, 0.5) is 0 Å². The monoisotopic (exact) mass is 138 g/mol. The fourth-order valence-corrected chi connectivity index (χ4v) is 1.27. The van der Waals surface area contributed by atoms with Crippen LogP contribution in [-0.2, 0) is 0 Å². The lowest BCUT2D eigenvalue weighted by Gasteiger charge is -2.07. The van der Waals surface area contributed by atoms with E-state index in [2.05, 4.69) is 19.9 Å². The molecule has 0 saturated heterocycles. The zero-order chi connectivity index (χ0) is 7.40. The quantitative estimate of drug-likeness (QED) is 0.625. The third kappa shape index (κ3) is 1.41. The SMILES string of the molecule is CCC(CC)c1ccoc1. The molecule has 1 heterocycles. The van der Waals surface area contributed by atoms with Crippen molar-refractivity contribution in [2.24, 2.45) is 0 Å². The Balaban J connectivity index is 2.64. The van der Waals surface area contributed by atoms with Gasteiger partial charge in [-0.25, -0.2) is 0 Å². The van der Waals surface area contributed by atoms with Crippen LogP contribution in [0.15, 0.2) is 23.0 Å². The zero-order valence-corrected chi connectivity index (χ0v) is 6.63. The summed E-state index contributed by atoms with van der Waals surface area (Å²) in [6.45, 7) is 4.42. The van der Waals surface area contributed by atoms with Gasteiger partial charge in [0.2, 0.25) is 0 Å². The lowest BCUT2D eigenvalue weighted by Crippen LogP contribution is -1.91. The maximum atomic E-state index is 5.00. The Bertz CT molecular complexity index is 161. The summed E-state index contributed by atoms with van der Waals surface area (Å²) >= 11 is 0. The summed E-state index contributed by atoms with van der Waals surface area (Å²) in [6, 6.07) is 2.05. The highest BCUT2D eigenvalue weighted by atomic mass is 16.3. The number of hydrogen-bond acceptors (Lipinski definition) is 1. The van der Waals surface area contributed by atoms with Crippen molar-refractivity contribution in [3.63, 3.8) is 0 Å². The highest BCUT2D eigenvalue weighted by molar-refractivity contribution is 5.11. The Morgan fingerprint density at radius 1 is 1.40 bits per heavy atom. The highest BCUT2D eigenvalue weighted by Crippen LogP contribution is 2.22. The summed E-state index contributed by atoms with van der Waals surface area (Å²) in [5.41, 5.74) is 1.34. The van der Waals surface area contributed by atoms with Gasteiger partial charge in [0.25, 0.3) is 0 Å². The Kier molecular flexibility index (Phi) is 2.55. The molecule has 1 rings (SSSR count). The highest BCUT2D eigenvalue weighted by Gasteiger charge is 2.06. The molecule has 10 heavy (non-hydrogen) atoms. The van der Waals surface area contributed by atoms with Gasteiger partial charge in [-0.1, -0.05) is 13.8 Å². The van der Waals surface area contributed by atoms with Crippen LogP contribution in [0.25, 0.3) is 0 Å². The summed E-state index contributed by atoms with van der Waals surface area (Å²) in [5.74, 6) is 0.693. The van der Waals surface area contributed by atoms with Crippen molar-refractivity contribution in [1.29, 1.82) is 0 Å². The molecule has 0 bridgehead atoms. The van der Waals surface area contributed by atoms with Crippen LogP contribution in [0.5, 0.6) is 0 Å². The average molecular weight is 138 g/mol. The second-order valence-corrected chi connectivity index (χ2v) is 2.57. The predicted octanol–water partition coefficient (Wildman–Crippen LogP) is 3.18. The molecule has 0 aromatic carbocycles. The minimum absolute atomic E-state index is 0.693. The van der Waals surface area contributed by atoms with Gasteiger partial charge in [0, 0.05) is 0 Å². The summed E-state index contributed by atoms with van der Waals surface area (Å²) < 4.78 is 5.00. The van der Waals surface area contributed by atoms with Gasteiger partial charge in [0.05, 0.1) is 12.5 Å². The van der Waals surface area contributed by atoms with Crippen LogP contribution in [-0.4, -0.2) is 0 Å². The molecule has 1 heteroatoms. The molecule has 0 fully saturated rings. The van der Waals surface area contributed by atoms with E-state index in [-0.39, 0.29) is 0 Å². The van der Waals surface area contributed by atoms with Crippen molar-refractivity contribution >= 4 is 0 Å². The molecule has 0 amide bonds. The molecule has 0 aliphatic rings. The standard InChI is InChI=1S/C9H14O/c1-3-8(4-2)9-5-6-10-7-9/h5-8H,3-4H2,1-2H3. The smallest absolute Gasteiger partial charge is 0.0937 e. The lowest BCUT2D eigenvalue weighted by atomic mass is 9.97. The maximum absolute atomic E-state index is 5.00. The van der Waals surface area contributed by atoms with Crippen LogP contribution >= 0.6 is 0 Å². The van der Waals surface area contributed by atoms with E-state index in [1.165, 1.54) is 18.4 Å². The van der Waals surface area contributed by atoms with Crippen molar-refractivity contribution < 1.29 is 4.42 Å². The lowest BCUT2D eigenvalue weighted by molar-refractivity contribution is 0.552. The van der Waals surface area contributed by atoms with Crippen LogP contribution < -0.4 is 0 Å². The summed E-state index contributed by atoms with van der Waals surface area (Å²) in [6.07, 6.45) is 6.00. The van der Waals surface area contributed by atoms with Gasteiger partial charge < -0.3 is 4.42 Å². The molecule has 1 aromatic heterocycles. The minimum Gasteiger partial charge on any atom is -0.472 e. The predicted molar refractivity (Wildman–Crippen MR) is 42.0 cm³/mol. The third-order valence-corrected chi connectivity index (χ3v) is 2.00. The molecular weight excluding hydrogens is 124 g/mol. The van der Waals surface area contributed by atoms with Gasteiger partial charge in [-0.2, -0.15) is 0 Å². The van der Waals surface area contributed by atoms with E-state index in [4.69, 9.17) is 4.42 Å². The van der Waals surface area contributed by atoms with E-state index in [0.29, 0.717) is 5.92 Å². The molecule has 56 valence electrons. The number of hydrogen-bond donors (Lipinski definition) is 0. The van der Waals surface area contributed by atoms with E-state index in [1.54, 1.807) is 6.26 Å². The first-order valence-electron chi connectivity index (χ1n) is 3.90. The van der Waals surface area contributed by atoms with Gasteiger partial charge in [-0.15, -0.1) is 0 Å².